The lowest BCUT2D eigenvalue weighted by Gasteiger charge is -2.16. The second kappa shape index (κ2) is 5.73. The SMILES string of the molecule is O=P(O)(O)OC(CO)COc1c[nH]c2ccccc12. The summed E-state index contributed by atoms with van der Waals surface area (Å²) in [6.07, 6.45) is 0.547. The van der Waals surface area contributed by atoms with E-state index in [2.05, 4.69) is 9.51 Å². The van der Waals surface area contributed by atoms with Crippen LogP contribution in [-0.4, -0.2) is 39.2 Å². The van der Waals surface area contributed by atoms with Gasteiger partial charge in [0, 0.05) is 17.1 Å². The van der Waals surface area contributed by atoms with Crippen LogP contribution in [0.3, 0.4) is 0 Å². The Balaban J connectivity index is 2.03. The Morgan fingerprint density at radius 2 is 2.05 bits per heavy atom. The molecule has 4 N–H and O–H groups in total. The third kappa shape index (κ3) is 3.79. The Morgan fingerprint density at radius 3 is 2.74 bits per heavy atom. The zero-order chi connectivity index (χ0) is 13.9. The lowest BCUT2D eigenvalue weighted by Crippen LogP contribution is -2.24. The number of nitrogens with one attached hydrogen (secondary N) is 1. The summed E-state index contributed by atoms with van der Waals surface area (Å²) in [4.78, 5) is 20.3. The largest absolute Gasteiger partial charge is 0.489 e. The highest BCUT2D eigenvalue weighted by atomic mass is 31.2. The Bertz CT molecular complexity index is 592. The monoisotopic (exact) mass is 287 g/mol. The molecule has 7 nitrogen and oxygen atoms in total. The number of fused-ring (bicyclic) bond motifs is 1. The number of hydrogen-bond donors (Lipinski definition) is 4. The van der Waals surface area contributed by atoms with Crippen LogP contribution in [0.2, 0.25) is 0 Å². The van der Waals surface area contributed by atoms with E-state index < -0.39 is 20.5 Å². The number of ether oxygens (including phenoxy) is 1. The van der Waals surface area contributed by atoms with Gasteiger partial charge in [-0.1, -0.05) is 12.1 Å². The standard InChI is InChI=1S/C11H14NO6P/c13-6-8(18-19(14,15)16)7-17-11-5-12-10-4-2-1-3-9(10)11/h1-5,8,12-13H,6-7H2,(H2,14,15,16). The van der Waals surface area contributed by atoms with Crippen LogP contribution in [-0.2, 0) is 9.09 Å². The molecule has 0 fully saturated rings. The normalized spacial score (nSPS) is 13.6. The van der Waals surface area contributed by atoms with Crippen molar-refractivity contribution in [3.05, 3.63) is 30.5 Å². The summed E-state index contributed by atoms with van der Waals surface area (Å²) in [5, 5.41) is 9.82. The molecule has 104 valence electrons. The van der Waals surface area contributed by atoms with Gasteiger partial charge in [0.1, 0.15) is 18.5 Å². The maximum Gasteiger partial charge on any atom is 0.470 e. The van der Waals surface area contributed by atoms with Crippen LogP contribution in [0.4, 0.5) is 0 Å². The fourth-order valence-electron chi connectivity index (χ4n) is 1.66. The van der Waals surface area contributed by atoms with Gasteiger partial charge in [0.25, 0.3) is 0 Å². The number of aliphatic hydroxyl groups is 1. The molecule has 0 aliphatic rings. The smallest absolute Gasteiger partial charge is 0.470 e. The lowest BCUT2D eigenvalue weighted by atomic mass is 10.2. The van der Waals surface area contributed by atoms with Gasteiger partial charge in [-0.3, -0.25) is 4.52 Å². The highest BCUT2D eigenvalue weighted by Crippen LogP contribution is 2.37. The Kier molecular flexibility index (Phi) is 4.24. The molecule has 19 heavy (non-hydrogen) atoms. The first-order valence-electron chi connectivity index (χ1n) is 5.53. The van der Waals surface area contributed by atoms with E-state index in [1.54, 1.807) is 6.20 Å². The molecule has 2 aromatic rings. The summed E-state index contributed by atoms with van der Waals surface area (Å²) < 4.78 is 20.5. The topological polar surface area (TPSA) is 112 Å². The summed E-state index contributed by atoms with van der Waals surface area (Å²) in [5.74, 6) is 0.531. The number of aromatic nitrogens is 1. The van der Waals surface area contributed by atoms with Gasteiger partial charge in [0.15, 0.2) is 0 Å². The summed E-state index contributed by atoms with van der Waals surface area (Å²) in [5.41, 5.74) is 0.883. The van der Waals surface area contributed by atoms with Gasteiger partial charge < -0.3 is 24.6 Å². The van der Waals surface area contributed by atoms with Crippen LogP contribution in [0.15, 0.2) is 30.5 Å². The summed E-state index contributed by atoms with van der Waals surface area (Å²) >= 11 is 0. The Labute approximate surface area is 109 Å². The first-order valence-corrected chi connectivity index (χ1v) is 7.06. The fourth-order valence-corrected chi connectivity index (χ4v) is 2.17. The van der Waals surface area contributed by atoms with Crippen LogP contribution < -0.4 is 4.74 Å². The number of aromatic amines is 1. The quantitative estimate of drug-likeness (QED) is 0.590. The minimum atomic E-state index is -4.64. The van der Waals surface area contributed by atoms with Gasteiger partial charge in [0.2, 0.25) is 0 Å². The van der Waals surface area contributed by atoms with Crippen LogP contribution in [0.25, 0.3) is 10.9 Å². The van der Waals surface area contributed by atoms with E-state index in [0.29, 0.717) is 5.75 Å². The van der Waals surface area contributed by atoms with Gasteiger partial charge in [0.05, 0.1) is 6.61 Å². The number of phosphoric acid groups is 1. The van der Waals surface area contributed by atoms with Crippen molar-refractivity contribution in [1.82, 2.24) is 4.98 Å². The van der Waals surface area contributed by atoms with Crippen LogP contribution in [0, 0.1) is 0 Å². The lowest BCUT2D eigenvalue weighted by molar-refractivity contribution is 0.0469. The predicted molar refractivity (Wildman–Crippen MR) is 67.8 cm³/mol. The second-order valence-electron chi connectivity index (χ2n) is 3.91. The molecule has 0 spiro atoms. The number of H-pyrrole nitrogens is 1. The number of phosphoric ester groups is 1. The maximum atomic E-state index is 10.7. The molecule has 1 aromatic carbocycles. The van der Waals surface area contributed by atoms with E-state index in [4.69, 9.17) is 19.6 Å². The molecule has 1 heterocycles. The maximum absolute atomic E-state index is 10.7. The molecular weight excluding hydrogens is 273 g/mol. The molecule has 2 rings (SSSR count). The molecule has 0 radical (unpaired) electrons. The van der Waals surface area contributed by atoms with Crippen molar-refractivity contribution >= 4 is 18.7 Å². The average Bonchev–Trinajstić information content (AvgIpc) is 2.76. The number of benzene rings is 1. The highest BCUT2D eigenvalue weighted by Gasteiger charge is 2.22. The van der Waals surface area contributed by atoms with Crippen molar-refractivity contribution < 1.29 is 28.7 Å². The Hall–Kier alpha value is -1.37. The molecule has 0 aliphatic heterocycles. The number of aliphatic hydroxyl groups excluding tert-OH is 1. The molecule has 0 amide bonds. The minimum absolute atomic E-state index is 0.163. The van der Waals surface area contributed by atoms with Crippen molar-refractivity contribution in [2.45, 2.75) is 6.10 Å². The van der Waals surface area contributed by atoms with E-state index >= 15 is 0 Å². The third-order valence-electron chi connectivity index (χ3n) is 2.47. The van der Waals surface area contributed by atoms with Gasteiger partial charge in [-0.15, -0.1) is 0 Å². The average molecular weight is 287 g/mol. The van der Waals surface area contributed by atoms with E-state index in [1.807, 2.05) is 24.3 Å². The third-order valence-corrected chi connectivity index (χ3v) is 3.04. The molecule has 1 atom stereocenters. The molecule has 0 aliphatic carbocycles. The molecular formula is C11H14NO6P. The van der Waals surface area contributed by atoms with Gasteiger partial charge in [-0.2, -0.15) is 0 Å². The van der Waals surface area contributed by atoms with Crippen molar-refractivity contribution in [2.75, 3.05) is 13.2 Å². The predicted octanol–water partition coefficient (Wildman–Crippen LogP) is 1.02. The molecule has 0 saturated heterocycles. The van der Waals surface area contributed by atoms with Gasteiger partial charge >= 0.3 is 7.82 Å². The van der Waals surface area contributed by atoms with Crippen LogP contribution >= 0.6 is 7.82 Å². The number of hydrogen-bond acceptors (Lipinski definition) is 4. The summed E-state index contributed by atoms with van der Waals surface area (Å²) in [6.45, 7) is -0.711. The number of para-hydroxylation sites is 1. The van der Waals surface area contributed by atoms with Crippen LogP contribution in [0.5, 0.6) is 5.75 Å². The highest BCUT2D eigenvalue weighted by molar-refractivity contribution is 7.46. The summed E-state index contributed by atoms with van der Waals surface area (Å²) in [6, 6.07) is 7.44. The molecule has 1 aromatic heterocycles. The van der Waals surface area contributed by atoms with Crippen molar-refractivity contribution in [2.24, 2.45) is 0 Å². The molecule has 0 bridgehead atoms. The fraction of sp³-hybridized carbons (Fsp3) is 0.273. The van der Waals surface area contributed by atoms with Crippen LogP contribution in [0.1, 0.15) is 0 Å². The van der Waals surface area contributed by atoms with E-state index in [1.165, 1.54) is 0 Å². The zero-order valence-electron chi connectivity index (χ0n) is 9.89. The van der Waals surface area contributed by atoms with Gasteiger partial charge in [-0.25, -0.2) is 4.57 Å². The van der Waals surface area contributed by atoms with Crippen molar-refractivity contribution in [3.63, 3.8) is 0 Å². The van der Waals surface area contributed by atoms with Crippen molar-refractivity contribution in [1.29, 1.82) is 0 Å². The summed E-state index contributed by atoms with van der Waals surface area (Å²) in [7, 11) is -4.64. The Morgan fingerprint density at radius 1 is 1.32 bits per heavy atom. The molecule has 8 heteroatoms. The number of rotatable bonds is 6. The van der Waals surface area contributed by atoms with E-state index in [0.717, 1.165) is 10.9 Å². The molecule has 1 unspecified atom stereocenters. The first-order chi connectivity index (χ1) is 8.99. The zero-order valence-corrected chi connectivity index (χ0v) is 10.8. The second-order valence-corrected chi connectivity index (χ2v) is 5.10. The minimum Gasteiger partial charge on any atom is -0.489 e. The van der Waals surface area contributed by atoms with Gasteiger partial charge in [-0.05, 0) is 12.1 Å². The first kappa shape index (κ1) is 14.0. The van der Waals surface area contributed by atoms with Crippen molar-refractivity contribution in [3.8, 4) is 5.75 Å². The molecule has 0 saturated carbocycles. The van der Waals surface area contributed by atoms with E-state index in [9.17, 15) is 4.57 Å². The van der Waals surface area contributed by atoms with E-state index in [-0.39, 0.29) is 6.61 Å².